The third-order valence-electron chi connectivity index (χ3n) is 8.43. The smallest absolute Gasteiger partial charge is 0.136 e. The fourth-order valence-electron chi connectivity index (χ4n) is 6.33. The van der Waals surface area contributed by atoms with Crippen molar-refractivity contribution in [2.45, 2.75) is 0 Å². The molecule has 2 nitrogen and oxygen atoms in total. The molecule has 0 saturated carbocycles. The van der Waals surface area contributed by atoms with Crippen LogP contribution in [0.4, 0.5) is 17.1 Å². The van der Waals surface area contributed by atoms with Gasteiger partial charge in [-0.05, 0) is 94.7 Å². The lowest BCUT2D eigenvalue weighted by Crippen LogP contribution is -2.09. The molecular weight excluding hydrogens is 543 g/mol. The molecule has 0 aliphatic heterocycles. The zero-order chi connectivity index (χ0) is 28.3. The van der Waals surface area contributed by atoms with Crippen molar-refractivity contribution in [1.29, 1.82) is 0 Å². The molecule has 0 aliphatic rings. The van der Waals surface area contributed by atoms with Crippen molar-refractivity contribution < 1.29 is 4.42 Å². The lowest BCUT2D eigenvalue weighted by Gasteiger charge is -2.26. The van der Waals surface area contributed by atoms with Crippen LogP contribution in [0.3, 0.4) is 0 Å². The fraction of sp³-hybridized carbons (Fsp3) is 0. The molecule has 0 fully saturated rings. The number of fused-ring (bicyclic) bond motifs is 7. The highest BCUT2D eigenvalue weighted by atomic mass is 32.1. The molecule has 9 aromatic rings. The number of hydrogen-bond acceptors (Lipinski definition) is 3. The summed E-state index contributed by atoms with van der Waals surface area (Å²) in [4.78, 5) is 2.34. The van der Waals surface area contributed by atoms with E-state index >= 15 is 0 Å². The van der Waals surface area contributed by atoms with E-state index in [4.69, 9.17) is 4.42 Å². The Hall–Kier alpha value is -5.38. The van der Waals surface area contributed by atoms with Crippen LogP contribution < -0.4 is 4.90 Å². The van der Waals surface area contributed by atoms with Crippen molar-refractivity contribution >= 4 is 81.3 Å². The summed E-state index contributed by atoms with van der Waals surface area (Å²) in [7, 11) is 0. The Labute approximate surface area is 252 Å². The summed E-state index contributed by atoms with van der Waals surface area (Å²) in [5.74, 6) is 0. The van der Waals surface area contributed by atoms with Gasteiger partial charge in [0.2, 0.25) is 0 Å². The molecule has 2 aromatic heterocycles. The molecule has 0 aliphatic carbocycles. The number of benzene rings is 7. The van der Waals surface area contributed by atoms with Crippen LogP contribution in [0.25, 0.3) is 64.0 Å². The van der Waals surface area contributed by atoms with Gasteiger partial charge in [-0.1, -0.05) is 78.9 Å². The Morgan fingerprint density at radius 3 is 1.98 bits per heavy atom. The molecule has 0 saturated heterocycles. The third kappa shape index (κ3) is 4.01. The summed E-state index contributed by atoms with van der Waals surface area (Å²) in [5, 5.41) is 7.31. The van der Waals surface area contributed by atoms with Crippen LogP contribution in [0.1, 0.15) is 0 Å². The molecule has 43 heavy (non-hydrogen) atoms. The summed E-state index contributed by atoms with van der Waals surface area (Å²) in [6, 6.07) is 54.4. The number of para-hydroxylation sites is 2. The number of anilines is 3. The van der Waals surface area contributed by atoms with Gasteiger partial charge in [0.1, 0.15) is 11.2 Å². The second-order valence-corrected chi connectivity index (χ2v) is 12.1. The first-order valence-corrected chi connectivity index (χ1v) is 15.3. The second kappa shape index (κ2) is 9.59. The van der Waals surface area contributed by atoms with Crippen LogP contribution in [0, 0.1) is 0 Å². The minimum Gasteiger partial charge on any atom is -0.456 e. The zero-order valence-corrected chi connectivity index (χ0v) is 24.0. The van der Waals surface area contributed by atoms with Gasteiger partial charge in [0, 0.05) is 48.0 Å². The average molecular weight is 568 g/mol. The maximum Gasteiger partial charge on any atom is 0.136 e. The number of thiophene rings is 1. The van der Waals surface area contributed by atoms with Crippen LogP contribution in [-0.2, 0) is 0 Å². The summed E-state index contributed by atoms with van der Waals surface area (Å²) >= 11 is 1.85. The zero-order valence-electron chi connectivity index (χ0n) is 23.2. The molecule has 0 amide bonds. The number of rotatable bonds is 4. The highest BCUT2D eigenvalue weighted by molar-refractivity contribution is 7.25. The minimum atomic E-state index is 0.929. The third-order valence-corrected chi connectivity index (χ3v) is 9.58. The largest absolute Gasteiger partial charge is 0.456 e. The van der Waals surface area contributed by atoms with E-state index in [0.29, 0.717) is 0 Å². The summed E-state index contributed by atoms with van der Waals surface area (Å²) in [5.41, 5.74) is 7.66. The Kier molecular flexibility index (Phi) is 5.40. The van der Waals surface area contributed by atoms with E-state index in [-0.39, 0.29) is 0 Å². The van der Waals surface area contributed by atoms with Crippen molar-refractivity contribution in [2.75, 3.05) is 4.90 Å². The predicted molar refractivity (Wildman–Crippen MR) is 184 cm³/mol. The molecule has 9 rings (SSSR count). The first-order chi connectivity index (χ1) is 21.3. The van der Waals surface area contributed by atoms with E-state index in [1.54, 1.807) is 0 Å². The van der Waals surface area contributed by atoms with E-state index in [1.165, 1.54) is 42.1 Å². The van der Waals surface area contributed by atoms with Crippen molar-refractivity contribution in [3.63, 3.8) is 0 Å². The molecule has 3 heteroatoms. The first kappa shape index (κ1) is 24.2. The number of nitrogens with zero attached hydrogens (tertiary/aromatic N) is 1. The van der Waals surface area contributed by atoms with Gasteiger partial charge < -0.3 is 9.32 Å². The molecule has 0 radical (unpaired) electrons. The Balaban J connectivity index is 1.13. The van der Waals surface area contributed by atoms with E-state index in [2.05, 4.69) is 144 Å². The quantitative estimate of drug-likeness (QED) is 0.210. The van der Waals surface area contributed by atoms with Crippen molar-refractivity contribution in [3.05, 3.63) is 152 Å². The summed E-state index contributed by atoms with van der Waals surface area (Å²) in [6.07, 6.45) is 0. The topological polar surface area (TPSA) is 16.4 Å². The van der Waals surface area contributed by atoms with Gasteiger partial charge in [-0.15, -0.1) is 11.3 Å². The second-order valence-electron chi connectivity index (χ2n) is 11.0. The molecule has 0 bridgehead atoms. The van der Waals surface area contributed by atoms with Gasteiger partial charge in [0.15, 0.2) is 0 Å². The SMILES string of the molecule is c1ccc(N(c2ccc(-c3ccc4cc5oc6ccccc6c5cc4c3)cc2)c2ccc3sc4ccccc4c3c2)cc1. The van der Waals surface area contributed by atoms with Crippen molar-refractivity contribution in [3.8, 4) is 11.1 Å². The Morgan fingerprint density at radius 2 is 1.09 bits per heavy atom. The molecule has 0 N–H and O–H groups in total. The molecule has 202 valence electrons. The van der Waals surface area contributed by atoms with Gasteiger partial charge in [0.25, 0.3) is 0 Å². The molecule has 0 unspecified atom stereocenters. The maximum absolute atomic E-state index is 6.12. The van der Waals surface area contributed by atoms with Crippen LogP contribution in [0.5, 0.6) is 0 Å². The van der Waals surface area contributed by atoms with Crippen LogP contribution in [0.2, 0.25) is 0 Å². The van der Waals surface area contributed by atoms with Gasteiger partial charge in [0.05, 0.1) is 0 Å². The lowest BCUT2D eigenvalue weighted by atomic mass is 9.99. The Bertz CT molecular complexity index is 2450. The molecule has 0 spiro atoms. The molecule has 2 heterocycles. The van der Waals surface area contributed by atoms with Crippen LogP contribution in [0.15, 0.2) is 156 Å². The van der Waals surface area contributed by atoms with Gasteiger partial charge in [-0.3, -0.25) is 0 Å². The number of hydrogen-bond donors (Lipinski definition) is 0. The molecular formula is C40H25NOS. The van der Waals surface area contributed by atoms with Crippen molar-refractivity contribution in [2.24, 2.45) is 0 Å². The normalized spacial score (nSPS) is 11.7. The molecule has 7 aromatic carbocycles. The fourth-order valence-corrected chi connectivity index (χ4v) is 7.41. The van der Waals surface area contributed by atoms with Gasteiger partial charge >= 0.3 is 0 Å². The van der Waals surface area contributed by atoms with Crippen molar-refractivity contribution in [1.82, 2.24) is 0 Å². The van der Waals surface area contributed by atoms with Gasteiger partial charge in [-0.2, -0.15) is 0 Å². The highest BCUT2D eigenvalue weighted by Crippen LogP contribution is 2.41. The van der Waals surface area contributed by atoms with E-state index in [0.717, 1.165) is 39.0 Å². The first-order valence-electron chi connectivity index (χ1n) is 14.5. The summed E-state index contributed by atoms with van der Waals surface area (Å²) < 4.78 is 8.75. The van der Waals surface area contributed by atoms with Gasteiger partial charge in [-0.25, -0.2) is 0 Å². The molecule has 0 atom stereocenters. The standard InChI is InChI=1S/C40H25NOS/c1-2-8-30(9-3-1)41(32-20-21-40-36(25-32)34-11-5-7-13-39(34)43-40)31-18-16-26(17-19-31)27-14-15-28-24-38-35(23-29(28)22-27)33-10-4-6-12-37(33)42-38/h1-25H. The Morgan fingerprint density at radius 1 is 0.395 bits per heavy atom. The van der Waals surface area contributed by atoms with Crippen LogP contribution >= 0.6 is 11.3 Å². The van der Waals surface area contributed by atoms with Crippen LogP contribution in [-0.4, -0.2) is 0 Å². The average Bonchev–Trinajstić information content (AvgIpc) is 3.62. The summed E-state index contributed by atoms with van der Waals surface area (Å²) in [6.45, 7) is 0. The highest BCUT2D eigenvalue weighted by Gasteiger charge is 2.15. The maximum atomic E-state index is 6.12. The van der Waals surface area contributed by atoms with E-state index < -0.39 is 0 Å². The lowest BCUT2D eigenvalue weighted by molar-refractivity contribution is 0.669. The minimum absolute atomic E-state index is 0.929. The van der Waals surface area contributed by atoms with E-state index in [1.807, 2.05) is 23.5 Å². The number of furan rings is 1. The predicted octanol–water partition coefficient (Wildman–Crippen LogP) is 12.2. The monoisotopic (exact) mass is 567 g/mol. The van der Waals surface area contributed by atoms with E-state index in [9.17, 15) is 0 Å².